The Morgan fingerprint density at radius 2 is 2.25 bits per heavy atom. The average molecular weight is 116 g/mol. The molecule has 0 bridgehead atoms. The number of likely N-dealkylation sites (N-methyl/N-ethyl adjacent to an activating group) is 1. The molecule has 0 amide bonds. The Hall–Kier alpha value is -0.120. The molecule has 1 aliphatic rings. The third-order valence-corrected chi connectivity index (χ3v) is 1.52. The number of nitrogens with two attached hydrogens (primary N) is 1. The van der Waals surface area contributed by atoms with Gasteiger partial charge in [-0.2, -0.15) is 0 Å². The van der Waals surface area contributed by atoms with E-state index in [0.717, 1.165) is 13.1 Å². The van der Waals surface area contributed by atoms with Gasteiger partial charge in [-0.05, 0) is 7.05 Å². The van der Waals surface area contributed by atoms with Crippen LogP contribution in [0.4, 0.5) is 0 Å². The van der Waals surface area contributed by atoms with Crippen LogP contribution >= 0.6 is 0 Å². The Bertz CT molecular complexity index is 76.5. The summed E-state index contributed by atoms with van der Waals surface area (Å²) in [5, 5.41) is 9.00. The second kappa shape index (κ2) is 2.01. The van der Waals surface area contributed by atoms with Crippen LogP contribution in [0.5, 0.6) is 0 Å². The zero-order valence-corrected chi connectivity index (χ0v) is 5.04. The van der Waals surface area contributed by atoms with Crippen LogP contribution in [0.1, 0.15) is 0 Å². The summed E-state index contributed by atoms with van der Waals surface area (Å²) in [7, 11) is 1.95. The highest BCUT2D eigenvalue weighted by Gasteiger charge is 2.24. The van der Waals surface area contributed by atoms with Crippen LogP contribution in [-0.4, -0.2) is 42.3 Å². The van der Waals surface area contributed by atoms with Crippen molar-refractivity contribution in [3.05, 3.63) is 0 Å². The van der Waals surface area contributed by atoms with Gasteiger partial charge in [-0.1, -0.05) is 0 Å². The zero-order valence-electron chi connectivity index (χ0n) is 5.04. The van der Waals surface area contributed by atoms with Crippen LogP contribution in [0.3, 0.4) is 0 Å². The quantitative estimate of drug-likeness (QED) is 0.410. The summed E-state index contributed by atoms with van der Waals surface area (Å²) in [6, 6.07) is -0.0278. The molecule has 2 atom stereocenters. The van der Waals surface area contributed by atoms with Crippen LogP contribution in [0.15, 0.2) is 0 Å². The molecule has 0 radical (unpaired) electrons. The van der Waals surface area contributed by atoms with Gasteiger partial charge in [-0.3, -0.25) is 0 Å². The maximum atomic E-state index is 9.00. The summed E-state index contributed by atoms with van der Waals surface area (Å²) in [5.74, 6) is 0. The molecule has 3 N–H and O–H groups in total. The molecule has 0 saturated carbocycles. The van der Waals surface area contributed by atoms with Crippen LogP contribution < -0.4 is 5.73 Å². The molecular formula is C5H12N2O. The van der Waals surface area contributed by atoms with E-state index in [1.807, 2.05) is 11.9 Å². The van der Waals surface area contributed by atoms with Crippen molar-refractivity contribution in [3.63, 3.8) is 0 Å². The third-order valence-electron chi connectivity index (χ3n) is 1.52. The van der Waals surface area contributed by atoms with E-state index >= 15 is 0 Å². The van der Waals surface area contributed by atoms with Crippen molar-refractivity contribution < 1.29 is 5.11 Å². The molecule has 1 fully saturated rings. The predicted octanol–water partition coefficient (Wildman–Crippen LogP) is -1.38. The first kappa shape index (κ1) is 6.01. The average Bonchev–Trinajstić information content (AvgIpc) is 1.85. The first-order valence-corrected chi connectivity index (χ1v) is 2.82. The highest BCUT2D eigenvalue weighted by Crippen LogP contribution is 2.03. The van der Waals surface area contributed by atoms with E-state index in [1.54, 1.807) is 0 Å². The summed E-state index contributed by atoms with van der Waals surface area (Å²) in [6.45, 7) is 1.54. The zero-order chi connectivity index (χ0) is 6.15. The number of likely N-dealkylation sites (tertiary alicyclic amines) is 1. The van der Waals surface area contributed by atoms with Crippen LogP contribution in [0, 0.1) is 0 Å². The van der Waals surface area contributed by atoms with Gasteiger partial charge in [-0.25, -0.2) is 0 Å². The van der Waals surface area contributed by atoms with E-state index in [1.165, 1.54) is 0 Å². The predicted molar refractivity (Wildman–Crippen MR) is 31.5 cm³/mol. The molecule has 48 valence electrons. The molecule has 1 aliphatic heterocycles. The van der Waals surface area contributed by atoms with Crippen LogP contribution in [0.25, 0.3) is 0 Å². The molecule has 8 heavy (non-hydrogen) atoms. The molecule has 0 aromatic heterocycles. The lowest BCUT2D eigenvalue weighted by atomic mass is 10.2. The fourth-order valence-electron chi connectivity index (χ4n) is 1.01. The van der Waals surface area contributed by atoms with Gasteiger partial charge >= 0.3 is 0 Å². The fraction of sp³-hybridized carbons (Fsp3) is 1.00. The Morgan fingerprint density at radius 3 is 2.38 bits per heavy atom. The van der Waals surface area contributed by atoms with Gasteiger partial charge in [0.15, 0.2) is 0 Å². The Balaban J connectivity index is 2.39. The number of nitrogens with zero attached hydrogens (tertiary/aromatic N) is 1. The van der Waals surface area contributed by atoms with E-state index in [0.29, 0.717) is 0 Å². The first-order valence-electron chi connectivity index (χ1n) is 2.82. The van der Waals surface area contributed by atoms with E-state index < -0.39 is 0 Å². The normalized spacial score (nSPS) is 40.9. The van der Waals surface area contributed by atoms with Crippen molar-refractivity contribution in [2.75, 3.05) is 20.1 Å². The van der Waals surface area contributed by atoms with Crippen molar-refractivity contribution in [2.24, 2.45) is 5.73 Å². The largest absolute Gasteiger partial charge is 0.390 e. The lowest BCUT2D eigenvalue weighted by molar-refractivity contribution is 0.169. The lowest BCUT2D eigenvalue weighted by Gasteiger charge is -2.03. The van der Waals surface area contributed by atoms with Gasteiger partial charge in [0, 0.05) is 19.1 Å². The molecule has 0 aromatic carbocycles. The molecule has 1 saturated heterocycles. The molecule has 0 spiro atoms. The second-order valence-electron chi connectivity index (χ2n) is 2.45. The number of aliphatic hydroxyl groups excluding tert-OH is 1. The molecule has 0 aliphatic carbocycles. The van der Waals surface area contributed by atoms with Gasteiger partial charge in [-0.15, -0.1) is 0 Å². The lowest BCUT2D eigenvalue weighted by Crippen LogP contribution is -2.32. The second-order valence-corrected chi connectivity index (χ2v) is 2.45. The van der Waals surface area contributed by atoms with Crippen molar-refractivity contribution >= 4 is 0 Å². The Morgan fingerprint density at radius 1 is 1.62 bits per heavy atom. The number of hydrogen-bond acceptors (Lipinski definition) is 3. The maximum Gasteiger partial charge on any atom is 0.0830 e. The standard InChI is InChI=1S/C5H12N2O/c1-7-2-4(6)5(8)3-7/h4-5,8H,2-3,6H2,1H3/t4-,5+/m0/s1. The summed E-state index contributed by atoms with van der Waals surface area (Å²) in [5.41, 5.74) is 5.48. The monoisotopic (exact) mass is 116 g/mol. The van der Waals surface area contributed by atoms with Gasteiger partial charge in [0.25, 0.3) is 0 Å². The van der Waals surface area contributed by atoms with E-state index in [-0.39, 0.29) is 12.1 Å². The van der Waals surface area contributed by atoms with Crippen molar-refractivity contribution in [1.82, 2.24) is 4.90 Å². The highest BCUT2D eigenvalue weighted by atomic mass is 16.3. The number of rotatable bonds is 0. The van der Waals surface area contributed by atoms with E-state index in [9.17, 15) is 0 Å². The van der Waals surface area contributed by atoms with E-state index in [2.05, 4.69) is 0 Å². The third kappa shape index (κ3) is 0.992. The van der Waals surface area contributed by atoms with Gasteiger partial charge in [0.1, 0.15) is 0 Å². The number of β-amino-alcohol motifs (C(OH)–C–C–N with tert-alkyl or cyclic N) is 1. The summed E-state index contributed by atoms with van der Waals surface area (Å²) < 4.78 is 0. The van der Waals surface area contributed by atoms with Crippen molar-refractivity contribution in [1.29, 1.82) is 0 Å². The number of hydrogen-bond donors (Lipinski definition) is 2. The maximum absolute atomic E-state index is 9.00. The van der Waals surface area contributed by atoms with Gasteiger partial charge < -0.3 is 15.7 Å². The smallest absolute Gasteiger partial charge is 0.0830 e. The SMILES string of the molecule is CN1C[C@@H](O)[C@@H](N)C1. The number of aliphatic hydroxyl groups is 1. The minimum absolute atomic E-state index is 0.0278. The molecule has 3 nitrogen and oxygen atoms in total. The molecule has 1 rings (SSSR count). The first-order chi connectivity index (χ1) is 3.70. The van der Waals surface area contributed by atoms with Gasteiger partial charge in [0.2, 0.25) is 0 Å². The molecular weight excluding hydrogens is 104 g/mol. The van der Waals surface area contributed by atoms with Crippen LogP contribution in [0.2, 0.25) is 0 Å². The van der Waals surface area contributed by atoms with Crippen LogP contribution in [-0.2, 0) is 0 Å². The summed E-state index contributed by atoms with van der Waals surface area (Å²) in [6.07, 6.45) is -0.306. The molecule has 1 heterocycles. The summed E-state index contributed by atoms with van der Waals surface area (Å²) >= 11 is 0. The van der Waals surface area contributed by atoms with Gasteiger partial charge in [0.05, 0.1) is 6.10 Å². The minimum Gasteiger partial charge on any atom is -0.390 e. The molecule has 0 unspecified atom stereocenters. The van der Waals surface area contributed by atoms with Crippen molar-refractivity contribution in [3.8, 4) is 0 Å². The topological polar surface area (TPSA) is 49.5 Å². The Labute approximate surface area is 49.1 Å². The summed E-state index contributed by atoms with van der Waals surface area (Å²) in [4.78, 5) is 2.02. The molecule has 0 aromatic rings. The van der Waals surface area contributed by atoms with Crippen molar-refractivity contribution in [2.45, 2.75) is 12.1 Å². The fourth-order valence-corrected chi connectivity index (χ4v) is 1.01. The molecule has 3 heteroatoms. The minimum atomic E-state index is -0.306. The van der Waals surface area contributed by atoms with E-state index in [4.69, 9.17) is 10.8 Å². The Kier molecular flexibility index (Phi) is 1.51. The highest BCUT2D eigenvalue weighted by molar-refractivity contribution is 4.84.